The third-order valence-electron chi connectivity index (χ3n) is 1.95. The van der Waals surface area contributed by atoms with Crippen LogP contribution in [0, 0.1) is 0 Å². The summed E-state index contributed by atoms with van der Waals surface area (Å²) in [5.41, 5.74) is 6.39. The predicted molar refractivity (Wildman–Crippen MR) is 54.4 cm³/mol. The molecule has 0 aliphatic heterocycles. The first-order valence-corrected chi connectivity index (χ1v) is 4.50. The maximum Gasteiger partial charge on any atom is 0.307 e. The standard InChI is InChI=1S/C10H14N2O3/c1-14-9-5-3-4-8(12-9)7(11)6-10(13)15-2/h3-5,7H,6,11H2,1-2H3/t7-/m1/s1. The van der Waals surface area contributed by atoms with Crippen LogP contribution >= 0.6 is 0 Å². The number of nitrogens with two attached hydrogens (primary N) is 1. The first-order chi connectivity index (χ1) is 7.17. The molecule has 0 unspecified atom stereocenters. The van der Waals surface area contributed by atoms with Crippen molar-refractivity contribution in [3.8, 4) is 5.88 Å². The van der Waals surface area contributed by atoms with E-state index in [4.69, 9.17) is 10.5 Å². The maximum atomic E-state index is 11.0. The van der Waals surface area contributed by atoms with Crippen LogP contribution in [0.3, 0.4) is 0 Å². The van der Waals surface area contributed by atoms with E-state index in [0.29, 0.717) is 11.6 Å². The number of carbonyl (C=O) groups excluding carboxylic acids is 1. The molecule has 2 N–H and O–H groups in total. The Kier molecular flexibility index (Phi) is 4.05. The van der Waals surface area contributed by atoms with Gasteiger partial charge in [-0.15, -0.1) is 0 Å². The molecule has 0 aliphatic carbocycles. The van der Waals surface area contributed by atoms with Crippen LogP contribution in [0.15, 0.2) is 18.2 Å². The lowest BCUT2D eigenvalue weighted by Crippen LogP contribution is -2.17. The molecular formula is C10H14N2O3. The monoisotopic (exact) mass is 210 g/mol. The van der Waals surface area contributed by atoms with Gasteiger partial charge in [-0.3, -0.25) is 4.79 Å². The summed E-state index contributed by atoms with van der Waals surface area (Å²) in [7, 11) is 2.85. The second-order valence-corrected chi connectivity index (χ2v) is 2.99. The summed E-state index contributed by atoms with van der Waals surface area (Å²) in [4.78, 5) is 15.1. The summed E-state index contributed by atoms with van der Waals surface area (Å²) in [6, 6.07) is 4.77. The van der Waals surface area contributed by atoms with E-state index in [0.717, 1.165) is 0 Å². The second kappa shape index (κ2) is 5.31. The largest absolute Gasteiger partial charge is 0.481 e. The van der Waals surface area contributed by atoms with E-state index in [9.17, 15) is 4.79 Å². The lowest BCUT2D eigenvalue weighted by Gasteiger charge is -2.10. The molecule has 5 heteroatoms. The summed E-state index contributed by atoms with van der Waals surface area (Å²) in [5.74, 6) is 0.125. The molecule has 1 rings (SSSR count). The van der Waals surface area contributed by atoms with Crippen LogP contribution in [0.25, 0.3) is 0 Å². The van der Waals surface area contributed by atoms with Gasteiger partial charge in [-0.1, -0.05) is 6.07 Å². The molecule has 0 aliphatic rings. The Morgan fingerprint density at radius 1 is 1.53 bits per heavy atom. The van der Waals surface area contributed by atoms with Crippen LogP contribution < -0.4 is 10.5 Å². The van der Waals surface area contributed by atoms with Crippen molar-refractivity contribution in [2.75, 3.05) is 14.2 Å². The fourth-order valence-corrected chi connectivity index (χ4v) is 1.12. The fourth-order valence-electron chi connectivity index (χ4n) is 1.12. The summed E-state index contributed by atoms with van der Waals surface area (Å²) in [5, 5.41) is 0. The highest BCUT2D eigenvalue weighted by Crippen LogP contribution is 2.15. The summed E-state index contributed by atoms with van der Waals surface area (Å²) in [6.45, 7) is 0. The van der Waals surface area contributed by atoms with Crippen LogP contribution in [0.5, 0.6) is 5.88 Å². The van der Waals surface area contributed by atoms with E-state index >= 15 is 0 Å². The quantitative estimate of drug-likeness (QED) is 0.738. The van der Waals surface area contributed by atoms with E-state index in [1.807, 2.05) is 0 Å². The van der Waals surface area contributed by atoms with Crippen molar-refractivity contribution < 1.29 is 14.3 Å². The molecule has 0 amide bonds. The van der Waals surface area contributed by atoms with Crippen molar-refractivity contribution in [3.05, 3.63) is 23.9 Å². The number of hydrogen-bond acceptors (Lipinski definition) is 5. The summed E-state index contributed by atoms with van der Waals surface area (Å²) < 4.78 is 9.47. The smallest absolute Gasteiger partial charge is 0.307 e. The average molecular weight is 210 g/mol. The third kappa shape index (κ3) is 3.21. The molecule has 0 bridgehead atoms. The number of rotatable bonds is 4. The van der Waals surface area contributed by atoms with Crippen molar-refractivity contribution in [1.82, 2.24) is 4.98 Å². The number of carbonyl (C=O) groups is 1. The Balaban J connectivity index is 2.72. The van der Waals surface area contributed by atoms with Crippen LogP contribution in [0.2, 0.25) is 0 Å². The third-order valence-corrected chi connectivity index (χ3v) is 1.95. The molecule has 82 valence electrons. The summed E-state index contributed by atoms with van der Waals surface area (Å²) in [6.07, 6.45) is 0.108. The molecule has 0 saturated carbocycles. The SMILES string of the molecule is COC(=O)C[C@@H](N)c1cccc(OC)n1. The molecule has 0 fully saturated rings. The minimum atomic E-state index is -0.465. The zero-order chi connectivity index (χ0) is 11.3. The van der Waals surface area contributed by atoms with Gasteiger partial charge in [0.15, 0.2) is 0 Å². The average Bonchev–Trinajstić information content (AvgIpc) is 2.28. The Morgan fingerprint density at radius 3 is 2.87 bits per heavy atom. The van der Waals surface area contributed by atoms with Crippen molar-refractivity contribution in [2.45, 2.75) is 12.5 Å². The zero-order valence-corrected chi connectivity index (χ0v) is 8.77. The molecule has 0 aromatic carbocycles. The van der Waals surface area contributed by atoms with E-state index in [1.54, 1.807) is 18.2 Å². The first-order valence-electron chi connectivity index (χ1n) is 4.50. The molecule has 15 heavy (non-hydrogen) atoms. The Hall–Kier alpha value is -1.62. The number of pyridine rings is 1. The molecule has 1 aromatic rings. The van der Waals surface area contributed by atoms with Gasteiger partial charge in [0.25, 0.3) is 0 Å². The van der Waals surface area contributed by atoms with Crippen LogP contribution in [0.4, 0.5) is 0 Å². The molecule has 0 spiro atoms. The Morgan fingerprint density at radius 2 is 2.27 bits per heavy atom. The van der Waals surface area contributed by atoms with E-state index in [1.165, 1.54) is 14.2 Å². The first kappa shape index (κ1) is 11.5. The van der Waals surface area contributed by atoms with Gasteiger partial charge in [-0.25, -0.2) is 4.98 Å². The highest BCUT2D eigenvalue weighted by molar-refractivity contribution is 5.70. The number of aromatic nitrogens is 1. The molecule has 5 nitrogen and oxygen atoms in total. The highest BCUT2D eigenvalue weighted by atomic mass is 16.5. The van der Waals surface area contributed by atoms with Gasteiger partial charge in [0.05, 0.1) is 32.4 Å². The molecule has 1 aromatic heterocycles. The van der Waals surface area contributed by atoms with Gasteiger partial charge in [0.1, 0.15) is 0 Å². The molecular weight excluding hydrogens is 196 g/mol. The zero-order valence-electron chi connectivity index (χ0n) is 8.77. The van der Waals surface area contributed by atoms with Crippen molar-refractivity contribution in [3.63, 3.8) is 0 Å². The van der Waals surface area contributed by atoms with Crippen molar-refractivity contribution in [1.29, 1.82) is 0 Å². The van der Waals surface area contributed by atoms with Crippen LogP contribution in [-0.2, 0) is 9.53 Å². The fraction of sp³-hybridized carbons (Fsp3) is 0.400. The molecule has 1 heterocycles. The van der Waals surface area contributed by atoms with Crippen molar-refractivity contribution in [2.24, 2.45) is 5.73 Å². The lowest BCUT2D eigenvalue weighted by atomic mass is 10.1. The number of methoxy groups -OCH3 is 2. The normalized spacial score (nSPS) is 11.9. The predicted octanol–water partition coefficient (Wildman–Crippen LogP) is 0.653. The number of hydrogen-bond donors (Lipinski definition) is 1. The Bertz CT molecular complexity index is 341. The van der Waals surface area contributed by atoms with Gasteiger partial charge >= 0.3 is 5.97 Å². The number of nitrogens with zero attached hydrogens (tertiary/aromatic N) is 1. The molecule has 0 radical (unpaired) electrons. The number of esters is 1. The van der Waals surface area contributed by atoms with E-state index in [-0.39, 0.29) is 12.4 Å². The topological polar surface area (TPSA) is 74.4 Å². The lowest BCUT2D eigenvalue weighted by molar-refractivity contribution is -0.141. The minimum absolute atomic E-state index is 0.108. The van der Waals surface area contributed by atoms with Crippen LogP contribution in [0.1, 0.15) is 18.2 Å². The second-order valence-electron chi connectivity index (χ2n) is 2.99. The van der Waals surface area contributed by atoms with Gasteiger partial charge < -0.3 is 15.2 Å². The number of ether oxygens (including phenoxy) is 2. The molecule has 0 saturated heterocycles. The summed E-state index contributed by atoms with van der Waals surface area (Å²) >= 11 is 0. The maximum absolute atomic E-state index is 11.0. The minimum Gasteiger partial charge on any atom is -0.481 e. The Labute approximate surface area is 88.2 Å². The van der Waals surface area contributed by atoms with Crippen molar-refractivity contribution >= 4 is 5.97 Å². The van der Waals surface area contributed by atoms with Gasteiger partial charge in [0.2, 0.25) is 5.88 Å². The van der Waals surface area contributed by atoms with Crippen LogP contribution in [-0.4, -0.2) is 25.2 Å². The van der Waals surface area contributed by atoms with E-state index in [2.05, 4.69) is 9.72 Å². The van der Waals surface area contributed by atoms with Gasteiger partial charge in [-0.05, 0) is 6.07 Å². The molecule has 1 atom stereocenters. The van der Waals surface area contributed by atoms with E-state index < -0.39 is 6.04 Å². The van der Waals surface area contributed by atoms with Gasteiger partial charge in [-0.2, -0.15) is 0 Å². The van der Waals surface area contributed by atoms with Gasteiger partial charge in [0, 0.05) is 6.07 Å². The highest BCUT2D eigenvalue weighted by Gasteiger charge is 2.13.